The van der Waals surface area contributed by atoms with Crippen molar-refractivity contribution in [3.63, 3.8) is 0 Å². The van der Waals surface area contributed by atoms with Crippen molar-refractivity contribution in [3.05, 3.63) is 35.1 Å². The highest BCUT2D eigenvalue weighted by molar-refractivity contribution is 5.33. The topological polar surface area (TPSA) is 56.0 Å². The minimum Gasteiger partial charge on any atom is -0.395 e. The number of aliphatic hydroxyl groups excluding tert-OH is 1. The average Bonchev–Trinajstić information content (AvgIpc) is 2.25. The van der Waals surface area contributed by atoms with Crippen molar-refractivity contribution >= 4 is 0 Å². The van der Waals surface area contributed by atoms with Crippen molar-refractivity contribution in [3.8, 4) is 6.07 Å². The molecule has 0 aliphatic rings. The van der Waals surface area contributed by atoms with Crippen molar-refractivity contribution in [1.82, 2.24) is 5.32 Å². The van der Waals surface area contributed by atoms with Crippen LogP contribution in [0.3, 0.4) is 0 Å². The quantitative estimate of drug-likeness (QED) is 0.780. The molecule has 0 saturated heterocycles. The molecule has 1 unspecified atom stereocenters. The summed E-state index contributed by atoms with van der Waals surface area (Å²) in [6.45, 7) is 2.29. The lowest BCUT2D eigenvalue weighted by Gasteiger charge is -2.10. The molecule has 1 aromatic carbocycles. The molecule has 0 aromatic heterocycles. The highest BCUT2D eigenvalue weighted by Gasteiger charge is 2.02. The van der Waals surface area contributed by atoms with Gasteiger partial charge in [-0.05, 0) is 30.7 Å². The lowest BCUT2D eigenvalue weighted by atomic mass is 10.1. The van der Waals surface area contributed by atoms with Gasteiger partial charge in [0.05, 0.1) is 18.2 Å². The van der Waals surface area contributed by atoms with Gasteiger partial charge in [-0.1, -0.05) is 0 Å². The van der Waals surface area contributed by atoms with Crippen molar-refractivity contribution in [2.75, 3.05) is 6.61 Å². The Morgan fingerprint density at radius 2 is 2.27 bits per heavy atom. The number of hydrogen-bond acceptors (Lipinski definition) is 3. The largest absolute Gasteiger partial charge is 0.395 e. The van der Waals surface area contributed by atoms with Crippen LogP contribution in [0, 0.1) is 17.1 Å². The molecule has 3 nitrogen and oxygen atoms in total. The van der Waals surface area contributed by atoms with Crippen LogP contribution in [-0.2, 0) is 6.54 Å². The van der Waals surface area contributed by atoms with Crippen molar-refractivity contribution in [2.24, 2.45) is 0 Å². The number of rotatable bonds is 4. The van der Waals surface area contributed by atoms with Crippen LogP contribution in [0.25, 0.3) is 0 Å². The molecule has 80 valence electrons. The zero-order chi connectivity index (χ0) is 11.3. The van der Waals surface area contributed by atoms with Crippen LogP contribution in [0.5, 0.6) is 0 Å². The molecule has 0 amide bonds. The van der Waals surface area contributed by atoms with Gasteiger partial charge in [-0.15, -0.1) is 0 Å². The predicted molar refractivity (Wildman–Crippen MR) is 54.5 cm³/mol. The van der Waals surface area contributed by atoms with E-state index in [1.54, 1.807) is 6.07 Å². The first-order valence-corrected chi connectivity index (χ1v) is 4.69. The first-order valence-electron chi connectivity index (χ1n) is 4.69. The fraction of sp³-hybridized carbons (Fsp3) is 0.364. The smallest absolute Gasteiger partial charge is 0.124 e. The van der Waals surface area contributed by atoms with E-state index in [1.807, 2.05) is 13.0 Å². The Morgan fingerprint density at radius 3 is 2.87 bits per heavy atom. The number of hydrogen-bond donors (Lipinski definition) is 2. The van der Waals surface area contributed by atoms with E-state index in [4.69, 9.17) is 10.4 Å². The van der Waals surface area contributed by atoms with Gasteiger partial charge in [0.2, 0.25) is 0 Å². The highest BCUT2D eigenvalue weighted by atomic mass is 19.1. The highest BCUT2D eigenvalue weighted by Crippen LogP contribution is 2.08. The second kappa shape index (κ2) is 5.44. The van der Waals surface area contributed by atoms with Crippen molar-refractivity contribution in [2.45, 2.75) is 19.5 Å². The van der Waals surface area contributed by atoms with E-state index in [-0.39, 0.29) is 12.6 Å². The lowest BCUT2D eigenvalue weighted by Crippen LogP contribution is -2.28. The molecule has 1 rings (SSSR count). The normalized spacial score (nSPS) is 12.1. The summed E-state index contributed by atoms with van der Waals surface area (Å²) in [5.74, 6) is -0.414. The third-order valence-corrected chi connectivity index (χ3v) is 2.02. The maximum absolute atomic E-state index is 13.0. The van der Waals surface area contributed by atoms with Gasteiger partial charge in [-0.25, -0.2) is 4.39 Å². The number of halogens is 1. The fourth-order valence-electron chi connectivity index (χ4n) is 1.17. The molecular weight excluding hydrogens is 195 g/mol. The molecule has 0 spiro atoms. The molecule has 4 heteroatoms. The molecule has 1 aromatic rings. The average molecular weight is 208 g/mol. The van der Waals surface area contributed by atoms with Crippen molar-refractivity contribution in [1.29, 1.82) is 5.26 Å². The molecular formula is C11H13FN2O. The van der Waals surface area contributed by atoms with Crippen LogP contribution in [0.15, 0.2) is 18.2 Å². The van der Waals surface area contributed by atoms with Gasteiger partial charge in [-0.2, -0.15) is 5.26 Å². The molecule has 0 radical (unpaired) electrons. The summed E-state index contributed by atoms with van der Waals surface area (Å²) in [6, 6.07) is 6.04. The second-order valence-electron chi connectivity index (χ2n) is 3.42. The third kappa shape index (κ3) is 3.66. The number of nitrogens with zero attached hydrogens (tertiary/aromatic N) is 1. The van der Waals surface area contributed by atoms with Crippen LogP contribution in [-0.4, -0.2) is 17.8 Å². The van der Waals surface area contributed by atoms with E-state index in [9.17, 15) is 4.39 Å². The van der Waals surface area contributed by atoms with Gasteiger partial charge in [0.1, 0.15) is 5.82 Å². The maximum atomic E-state index is 13.0. The fourth-order valence-corrected chi connectivity index (χ4v) is 1.17. The monoisotopic (exact) mass is 208 g/mol. The van der Waals surface area contributed by atoms with Gasteiger partial charge in [0, 0.05) is 12.6 Å². The van der Waals surface area contributed by atoms with Crippen LogP contribution in [0.2, 0.25) is 0 Å². The summed E-state index contributed by atoms with van der Waals surface area (Å²) in [6.07, 6.45) is 0. The molecule has 0 aliphatic heterocycles. The van der Waals surface area contributed by atoms with Gasteiger partial charge in [0.25, 0.3) is 0 Å². The summed E-state index contributed by atoms with van der Waals surface area (Å²) in [5, 5.41) is 20.4. The SMILES string of the molecule is CC(CO)NCc1cc(F)cc(C#N)c1. The zero-order valence-corrected chi connectivity index (χ0v) is 8.50. The molecule has 0 aliphatic carbocycles. The van der Waals surface area contributed by atoms with Gasteiger partial charge in [0.15, 0.2) is 0 Å². The van der Waals surface area contributed by atoms with E-state index >= 15 is 0 Å². The van der Waals surface area contributed by atoms with Crippen molar-refractivity contribution < 1.29 is 9.50 Å². The van der Waals surface area contributed by atoms with Crippen LogP contribution < -0.4 is 5.32 Å². The predicted octanol–water partition coefficient (Wildman–Crippen LogP) is 1.17. The molecule has 0 saturated carbocycles. The Balaban J connectivity index is 2.69. The van der Waals surface area contributed by atoms with Crippen LogP contribution in [0.4, 0.5) is 4.39 Å². The molecule has 15 heavy (non-hydrogen) atoms. The van der Waals surface area contributed by atoms with E-state index in [0.29, 0.717) is 17.7 Å². The van der Waals surface area contributed by atoms with Gasteiger partial charge >= 0.3 is 0 Å². The zero-order valence-electron chi connectivity index (χ0n) is 8.50. The summed E-state index contributed by atoms with van der Waals surface area (Å²) < 4.78 is 13.0. The standard InChI is InChI=1S/C11H13FN2O/c1-8(7-15)14-6-10-2-9(5-13)3-11(12)4-10/h2-4,8,14-15H,6-7H2,1H3. The Labute approximate surface area is 88.2 Å². The Kier molecular flexibility index (Phi) is 4.22. The molecule has 0 fully saturated rings. The second-order valence-corrected chi connectivity index (χ2v) is 3.42. The van der Waals surface area contributed by atoms with E-state index < -0.39 is 5.82 Å². The van der Waals surface area contributed by atoms with E-state index in [1.165, 1.54) is 12.1 Å². The molecule has 1 atom stereocenters. The lowest BCUT2D eigenvalue weighted by molar-refractivity contribution is 0.251. The summed E-state index contributed by atoms with van der Waals surface area (Å²) in [7, 11) is 0. The minimum atomic E-state index is -0.414. The van der Waals surface area contributed by atoms with Crippen LogP contribution in [0.1, 0.15) is 18.1 Å². The molecule has 0 heterocycles. The summed E-state index contributed by atoms with van der Waals surface area (Å²) >= 11 is 0. The van der Waals surface area contributed by atoms with E-state index in [2.05, 4.69) is 5.32 Å². The van der Waals surface area contributed by atoms with Crippen LogP contribution >= 0.6 is 0 Å². The third-order valence-electron chi connectivity index (χ3n) is 2.02. The summed E-state index contributed by atoms with van der Waals surface area (Å²) in [4.78, 5) is 0. The first-order chi connectivity index (χ1) is 7.15. The maximum Gasteiger partial charge on any atom is 0.124 e. The Bertz CT molecular complexity index is 373. The van der Waals surface area contributed by atoms with Gasteiger partial charge < -0.3 is 10.4 Å². The minimum absolute atomic E-state index is 0.0282. The van der Waals surface area contributed by atoms with Gasteiger partial charge in [-0.3, -0.25) is 0 Å². The Hall–Kier alpha value is -1.44. The number of aliphatic hydroxyl groups is 1. The summed E-state index contributed by atoms with van der Waals surface area (Å²) in [5.41, 5.74) is 1.01. The number of nitrogens with one attached hydrogen (secondary N) is 1. The first kappa shape index (κ1) is 11.6. The number of nitriles is 1. The number of benzene rings is 1. The Morgan fingerprint density at radius 1 is 1.53 bits per heavy atom. The molecule has 0 bridgehead atoms. The van der Waals surface area contributed by atoms with E-state index in [0.717, 1.165) is 0 Å². The molecule has 2 N–H and O–H groups in total.